The second-order valence-corrected chi connectivity index (χ2v) is 5.53. The summed E-state index contributed by atoms with van der Waals surface area (Å²) in [5.41, 5.74) is 4.01. The molecular formula is C14H21N3. The van der Waals surface area contributed by atoms with E-state index in [0.29, 0.717) is 5.92 Å². The molecule has 0 aliphatic carbocycles. The normalized spacial score (nSPS) is 21.4. The zero-order valence-electron chi connectivity index (χ0n) is 10.7. The van der Waals surface area contributed by atoms with Crippen LogP contribution >= 0.6 is 0 Å². The van der Waals surface area contributed by atoms with Crippen molar-refractivity contribution >= 4 is 0 Å². The third kappa shape index (κ3) is 2.09. The van der Waals surface area contributed by atoms with Crippen molar-refractivity contribution in [2.45, 2.75) is 38.8 Å². The van der Waals surface area contributed by atoms with Crippen molar-refractivity contribution in [3.63, 3.8) is 0 Å². The number of fused-ring (bicyclic) bond motifs is 1. The molecule has 1 fully saturated rings. The van der Waals surface area contributed by atoms with Gasteiger partial charge in [-0.25, -0.2) is 0 Å². The van der Waals surface area contributed by atoms with Crippen molar-refractivity contribution in [3.05, 3.63) is 29.1 Å². The number of nitrogens with zero attached hydrogens (tertiary/aromatic N) is 2. The van der Waals surface area contributed by atoms with E-state index >= 15 is 0 Å². The van der Waals surface area contributed by atoms with Gasteiger partial charge in [-0.3, -0.25) is 9.88 Å². The van der Waals surface area contributed by atoms with Gasteiger partial charge < -0.3 is 5.32 Å². The standard InChI is InChI=1S/C14H21N3/c1-10(2)13-4-3-11-9-17(12-7-15-8-12)6-5-14(11)16-13/h3-4,10,12,15H,5-9H2,1-2H3. The summed E-state index contributed by atoms with van der Waals surface area (Å²) in [6.45, 7) is 9.01. The second kappa shape index (κ2) is 4.39. The molecule has 0 unspecified atom stereocenters. The molecule has 0 atom stereocenters. The maximum atomic E-state index is 4.81. The quantitative estimate of drug-likeness (QED) is 0.837. The van der Waals surface area contributed by atoms with Gasteiger partial charge in [-0.05, 0) is 17.5 Å². The van der Waals surface area contributed by atoms with Gasteiger partial charge in [-0.1, -0.05) is 19.9 Å². The summed E-state index contributed by atoms with van der Waals surface area (Å²) in [6, 6.07) is 5.25. The third-order valence-corrected chi connectivity index (χ3v) is 3.97. The lowest BCUT2D eigenvalue weighted by atomic mass is 9.99. The van der Waals surface area contributed by atoms with Gasteiger partial charge in [0.15, 0.2) is 0 Å². The first-order valence-corrected chi connectivity index (χ1v) is 6.67. The maximum Gasteiger partial charge on any atom is 0.0464 e. The number of aromatic nitrogens is 1. The molecule has 2 aliphatic heterocycles. The predicted molar refractivity (Wildman–Crippen MR) is 69.1 cm³/mol. The third-order valence-electron chi connectivity index (χ3n) is 3.97. The Morgan fingerprint density at radius 2 is 2.18 bits per heavy atom. The molecule has 0 amide bonds. The van der Waals surface area contributed by atoms with Crippen molar-refractivity contribution < 1.29 is 0 Å². The van der Waals surface area contributed by atoms with Crippen LogP contribution in [0.2, 0.25) is 0 Å². The Bertz CT molecular complexity index is 410. The highest BCUT2D eigenvalue weighted by molar-refractivity contribution is 5.26. The lowest BCUT2D eigenvalue weighted by Crippen LogP contribution is -2.58. The van der Waals surface area contributed by atoms with Crippen LogP contribution in [-0.2, 0) is 13.0 Å². The molecule has 1 N–H and O–H groups in total. The van der Waals surface area contributed by atoms with Gasteiger partial charge in [0.1, 0.15) is 0 Å². The van der Waals surface area contributed by atoms with Gasteiger partial charge in [-0.15, -0.1) is 0 Å². The number of hydrogen-bond acceptors (Lipinski definition) is 3. The Morgan fingerprint density at radius 3 is 2.82 bits per heavy atom. The van der Waals surface area contributed by atoms with Gasteiger partial charge in [0.05, 0.1) is 0 Å². The Morgan fingerprint density at radius 1 is 1.35 bits per heavy atom. The minimum absolute atomic E-state index is 0.536. The summed E-state index contributed by atoms with van der Waals surface area (Å²) in [4.78, 5) is 7.40. The number of rotatable bonds is 2. The molecule has 0 spiro atoms. The SMILES string of the molecule is CC(C)c1ccc2c(n1)CCN(C1CNC1)C2. The monoisotopic (exact) mass is 231 g/mol. The molecule has 0 aromatic carbocycles. The highest BCUT2D eigenvalue weighted by Gasteiger charge is 2.28. The lowest BCUT2D eigenvalue weighted by Gasteiger charge is -2.40. The fourth-order valence-electron chi connectivity index (χ4n) is 2.62. The molecule has 1 saturated heterocycles. The van der Waals surface area contributed by atoms with Gasteiger partial charge in [0.25, 0.3) is 0 Å². The van der Waals surface area contributed by atoms with E-state index in [1.54, 1.807) is 0 Å². The van der Waals surface area contributed by atoms with E-state index in [0.717, 1.165) is 32.1 Å². The maximum absolute atomic E-state index is 4.81. The van der Waals surface area contributed by atoms with Crippen LogP contribution in [0.4, 0.5) is 0 Å². The lowest BCUT2D eigenvalue weighted by molar-refractivity contribution is 0.130. The molecule has 0 radical (unpaired) electrons. The molecule has 3 heteroatoms. The summed E-state index contributed by atoms with van der Waals surface area (Å²) in [5, 5.41) is 3.35. The minimum atomic E-state index is 0.536. The molecule has 17 heavy (non-hydrogen) atoms. The molecule has 0 bridgehead atoms. The van der Waals surface area contributed by atoms with E-state index in [1.165, 1.54) is 23.5 Å². The van der Waals surface area contributed by atoms with Crippen LogP contribution in [0.25, 0.3) is 0 Å². The first kappa shape index (κ1) is 11.2. The van der Waals surface area contributed by atoms with E-state index < -0.39 is 0 Å². The Hall–Kier alpha value is -0.930. The van der Waals surface area contributed by atoms with E-state index in [2.05, 4.69) is 36.2 Å². The molecule has 1 aromatic rings. The molecule has 2 aliphatic rings. The fraction of sp³-hybridized carbons (Fsp3) is 0.643. The summed E-state index contributed by atoms with van der Waals surface area (Å²) >= 11 is 0. The molecule has 3 heterocycles. The first-order chi connectivity index (χ1) is 8.24. The van der Waals surface area contributed by atoms with Crippen LogP contribution in [0.15, 0.2) is 12.1 Å². The molecule has 0 saturated carbocycles. The van der Waals surface area contributed by atoms with Crippen LogP contribution in [0.5, 0.6) is 0 Å². The van der Waals surface area contributed by atoms with E-state index in [4.69, 9.17) is 4.98 Å². The van der Waals surface area contributed by atoms with Crippen LogP contribution in [0.3, 0.4) is 0 Å². The van der Waals surface area contributed by atoms with Gasteiger partial charge in [0.2, 0.25) is 0 Å². The first-order valence-electron chi connectivity index (χ1n) is 6.67. The largest absolute Gasteiger partial charge is 0.314 e. The molecular weight excluding hydrogens is 210 g/mol. The molecule has 1 aromatic heterocycles. The number of hydrogen-bond donors (Lipinski definition) is 1. The minimum Gasteiger partial charge on any atom is -0.314 e. The van der Waals surface area contributed by atoms with Crippen LogP contribution < -0.4 is 5.32 Å². The molecule has 3 rings (SSSR count). The summed E-state index contributed by atoms with van der Waals surface area (Å²) < 4.78 is 0. The molecule has 92 valence electrons. The summed E-state index contributed by atoms with van der Waals surface area (Å²) in [5.74, 6) is 0.536. The summed E-state index contributed by atoms with van der Waals surface area (Å²) in [7, 11) is 0. The Balaban J connectivity index is 1.78. The fourth-order valence-corrected chi connectivity index (χ4v) is 2.62. The topological polar surface area (TPSA) is 28.2 Å². The highest BCUT2D eigenvalue weighted by Crippen LogP contribution is 2.22. The zero-order chi connectivity index (χ0) is 11.8. The van der Waals surface area contributed by atoms with Crippen LogP contribution in [0.1, 0.15) is 36.7 Å². The zero-order valence-corrected chi connectivity index (χ0v) is 10.7. The average molecular weight is 231 g/mol. The molecule has 3 nitrogen and oxygen atoms in total. The Labute approximate surface area is 103 Å². The van der Waals surface area contributed by atoms with Crippen molar-refractivity contribution in [2.75, 3.05) is 19.6 Å². The van der Waals surface area contributed by atoms with Gasteiger partial charge in [-0.2, -0.15) is 0 Å². The van der Waals surface area contributed by atoms with Crippen LogP contribution in [-0.4, -0.2) is 35.6 Å². The van der Waals surface area contributed by atoms with Crippen molar-refractivity contribution in [1.82, 2.24) is 15.2 Å². The van der Waals surface area contributed by atoms with Crippen LogP contribution in [0, 0.1) is 0 Å². The second-order valence-electron chi connectivity index (χ2n) is 5.53. The smallest absolute Gasteiger partial charge is 0.0464 e. The number of nitrogens with one attached hydrogen (secondary N) is 1. The highest BCUT2D eigenvalue weighted by atomic mass is 15.2. The van der Waals surface area contributed by atoms with Crippen molar-refractivity contribution in [2.24, 2.45) is 0 Å². The van der Waals surface area contributed by atoms with Crippen molar-refractivity contribution in [1.29, 1.82) is 0 Å². The summed E-state index contributed by atoms with van der Waals surface area (Å²) in [6.07, 6.45) is 1.12. The predicted octanol–water partition coefficient (Wildman–Crippen LogP) is 1.53. The van der Waals surface area contributed by atoms with Gasteiger partial charge >= 0.3 is 0 Å². The van der Waals surface area contributed by atoms with E-state index in [9.17, 15) is 0 Å². The Kier molecular flexibility index (Phi) is 2.89. The van der Waals surface area contributed by atoms with Gasteiger partial charge in [0, 0.05) is 50.0 Å². The van der Waals surface area contributed by atoms with Crippen molar-refractivity contribution in [3.8, 4) is 0 Å². The number of pyridine rings is 1. The average Bonchev–Trinajstić information content (AvgIpc) is 2.26. The van der Waals surface area contributed by atoms with E-state index in [1.807, 2.05) is 0 Å². The van der Waals surface area contributed by atoms with E-state index in [-0.39, 0.29) is 0 Å².